The summed E-state index contributed by atoms with van der Waals surface area (Å²) in [6.45, 7) is 4.51. The number of nitro groups is 1. The normalized spacial score (nSPS) is 11.2. The van der Waals surface area contributed by atoms with Crippen molar-refractivity contribution in [3.63, 3.8) is 0 Å². The second kappa shape index (κ2) is 7.75. The van der Waals surface area contributed by atoms with Gasteiger partial charge >= 0.3 is 0 Å². The van der Waals surface area contributed by atoms with E-state index in [9.17, 15) is 14.9 Å². The average Bonchev–Trinajstić information content (AvgIpc) is 2.48. The van der Waals surface area contributed by atoms with Gasteiger partial charge in [0.15, 0.2) is 0 Å². The van der Waals surface area contributed by atoms with E-state index in [0.717, 1.165) is 12.8 Å². The Labute approximate surface area is 137 Å². The number of non-ortho nitro benzene ring substituents is 1. The first-order valence-corrected chi connectivity index (χ1v) is 7.99. The first-order chi connectivity index (χ1) is 9.87. The molecule has 0 aromatic heterocycles. The molecular formula is C14H18BrClN2O3. The highest BCUT2D eigenvalue weighted by molar-refractivity contribution is 9.10. The Hall–Kier alpha value is -1.14. The van der Waals surface area contributed by atoms with Gasteiger partial charge in [-0.15, -0.1) is 11.6 Å². The van der Waals surface area contributed by atoms with Crippen LogP contribution in [0.25, 0.3) is 0 Å². The summed E-state index contributed by atoms with van der Waals surface area (Å²) in [5, 5.41) is 13.6. The zero-order chi connectivity index (χ0) is 16.0. The summed E-state index contributed by atoms with van der Waals surface area (Å²) in [4.78, 5) is 22.5. The summed E-state index contributed by atoms with van der Waals surface area (Å²) >= 11 is 9.17. The number of hydrogen-bond donors (Lipinski definition) is 1. The van der Waals surface area contributed by atoms with Crippen molar-refractivity contribution in [1.29, 1.82) is 0 Å². The third-order valence-electron chi connectivity index (χ3n) is 3.76. The molecule has 116 valence electrons. The van der Waals surface area contributed by atoms with Crippen LogP contribution in [-0.4, -0.2) is 23.3 Å². The van der Waals surface area contributed by atoms with Gasteiger partial charge in [0.2, 0.25) is 0 Å². The van der Waals surface area contributed by atoms with Gasteiger partial charge in [-0.2, -0.15) is 0 Å². The van der Waals surface area contributed by atoms with Crippen molar-refractivity contribution < 1.29 is 9.72 Å². The maximum atomic E-state index is 12.2. The lowest BCUT2D eigenvalue weighted by Gasteiger charge is -2.29. The van der Waals surface area contributed by atoms with Crippen molar-refractivity contribution in [2.75, 3.05) is 12.4 Å². The molecule has 0 unspecified atom stereocenters. The number of nitrogens with zero attached hydrogens (tertiary/aromatic N) is 1. The van der Waals surface area contributed by atoms with E-state index in [-0.39, 0.29) is 22.6 Å². The van der Waals surface area contributed by atoms with Gasteiger partial charge in [-0.05, 0) is 18.9 Å². The molecule has 1 N–H and O–H groups in total. The summed E-state index contributed by atoms with van der Waals surface area (Å²) in [7, 11) is 0. The zero-order valence-corrected chi connectivity index (χ0v) is 14.3. The molecule has 0 heterocycles. The largest absolute Gasteiger partial charge is 0.351 e. The SMILES string of the molecule is CCC(CC)(CCl)CNC(=O)c1cc(Br)cc([N+](=O)[O-])c1. The third-order valence-corrected chi connectivity index (χ3v) is 4.79. The molecule has 0 aliphatic carbocycles. The lowest BCUT2D eigenvalue weighted by atomic mass is 9.84. The lowest BCUT2D eigenvalue weighted by Crippen LogP contribution is -2.38. The number of alkyl halides is 1. The fourth-order valence-corrected chi connectivity index (χ4v) is 2.87. The minimum absolute atomic E-state index is 0.121. The summed E-state index contributed by atoms with van der Waals surface area (Å²) in [5.41, 5.74) is -0.00863. The van der Waals surface area contributed by atoms with E-state index in [1.54, 1.807) is 6.07 Å². The van der Waals surface area contributed by atoms with Crippen molar-refractivity contribution in [2.45, 2.75) is 26.7 Å². The molecule has 21 heavy (non-hydrogen) atoms. The second-order valence-corrected chi connectivity index (χ2v) is 6.16. The van der Waals surface area contributed by atoms with Crippen molar-refractivity contribution >= 4 is 39.1 Å². The van der Waals surface area contributed by atoms with E-state index in [4.69, 9.17) is 11.6 Å². The maximum absolute atomic E-state index is 12.2. The molecule has 0 saturated carbocycles. The van der Waals surface area contributed by atoms with Gasteiger partial charge < -0.3 is 5.32 Å². The summed E-state index contributed by atoms with van der Waals surface area (Å²) in [5.74, 6) is 0.120. The lowest BCUT2D eigenvalue weighted by molar-refractivity contribution is -0.385. The van der Waals surface area contributed by atoms with Gasteiger partial charge in [0.05, 0.1) is 4.92 Å². The maximum Gasteiger partial charge on any atom is 0.271 e. The van der Waals surface area contributed by atoms with E-state index in [0.29, 0.717) is 16.9 Å². The fraction of sp³-hybridized carbons (Fsp3) is 0.500. The number of hydrogen-bond acceptors (Lipinski definition) is 3. The predicted octanol–water partition coefficient (Wildman–Crippen LogP) is 4.13. The van der Waals surface area contributed by atoms with Crippen LogP contribution in [0.3, 0.4) is 0 Å². The Morgan fingerprint density at radius 2 is 2.00 bits per heavy atom. The molecule has 0 radical (unpaired) electrons. The van der Waals surface area contributed by atoms with E-state index in [1.807, 2.05) is 13.8 Å². The molecule has 1 aromatic rings. The summed E-state index contributed by atoms with van der Waals surface area (Å²) in [6.07, 6.45) is 1.71. The van der Waals surface area contributed by atoms with Crippen LogP contribution < -0.4 is 5.32 Å². The van der Waals surface area contributed by atoms with Gasteiger partial charge in [0.1, 0.15) is 0 Å². The highest BCUT2D eigenvalue weighted by Crippen LogP contribution is 2.27. The first kappa shape index (κ1) is 17.9. The van der Waals surface area contributed by atoms with Crippen LogP contribution in [0, 0.1) is 15.5 Å². The van der Waals surface area contributed by atoms with Gasteiger partial charge in [0, 0.05) is 40.0 Å². The summed E-state index contributed by atoms with van der Waals surface area (Å²) in [6, 6.07) is 4.18. The van der Waals surface area contributed by atoms with Crippen LogP contribution in [-0.2, 0) is 0 Å². The molecule has 0 atom stereocenters. The number of nitrogens with one attached hydrogen (secondary N) is 1. The van der Waals surface area contributed by atoms with Gasteiger partial charge in [-0.3, -0.25) is 14.9 Å². The van der Waals surface area contributed by atoms with E-state index < -0.39 is 4.92 Å². The van der Waals surface area contributed by atoms with Crippen molar-refractivity contribution in [2.24, 2.45) is 5.41 Å². The van der Waals surface area contributed by atoms with Crippen LogP contribution in [0.4, 0.5) is 5.69 Å². The Morgan fingerprint density at radius 1 is 1.38 bits per heavy atom. The second-order valence-electron chi connectivity index (χ2n) is 4.98. The number of nitro benzene ring substituents is 1. The monoisotopic (exact) mass is 376 g/mol. The molecule has 1 rings (SSSR count). The number of rotatable bonds is 7. The standard InChI is InChI=1S/C14H18BrClN2O3/c1-3-14(4-2,8-16)9-17-13(19)10-5-11(15)7-12(6-10)18(20)21/h5-7H,3-4,8-9H2,1-2H3,(H,17,19). The minimum Gasteiger partial charge on any atom is -0.351 e. The van der Waals surface area contributed by atoms with Crippen LogP contribution in [0.5, 0.6) is 0 Å². The Morgan fingerprint density at radius 3 is 2.48 bits per heavy atom. The molecule has 5 nitrogen and oxygen atoms in total. The third kappa shape index (κ3) is 4.68. The number of benzene rings is 1. The quantitative estimate of drug-likeness (QED) is 0.441. The van der Waals surface area contributed by atoms with Crippen LogP contribution in [0.1, 0.15) is 37.0 Å². The van der Waals surface area contributed by atoms with E-state index in [2.05, 4.69) is 21.2 Å². The van der Waals surface area contributed by atoms with Crippen molar-refractivity contribution in [1.82, 2.24) is 5.32 Å². The average molecular weight is 378 g/mol. The highest BCUT2D eigenvalue weighted by atomic mass is 79.9. The van der Waals surface area contributed by atoms with Gasteiger partial charge in [0.25, 0.3) is 11.6 Å². The van der Waals surface area contributed by atoms with Crippen LogP contribution in [0.2, 0.25) is 0 Å². The molecule has 0 bridgehead atoms. The number of carbonyl (C=O) groups is 1. The van der Waals surface area contributed by atoms with E-state index in [1.165, 1.54) is 12.1 Å². The molecule has 1 aromatic carbocycles. The Bertz CT molecular complexity index is 525. The minimum atomic E-state index is -0.525. The molecule has 0 spiro atoms. The van der Waals surface area contributed by atoms with Gasteiger partial charge in [-0.25, -0.2) is 0 Å². The Kier molecular flexibility index (Phi) is 6.61. The number of halogens is 2. The molecule has 0 aliphatic rings. The van der Waals surface area contributed by atoms with Crippen LogP contribution >= 0.6 is 27.5 Å². The van der Waals surface area contributed by atoms with Crippen LogP contribution in [0.15, 0.2) is 22.7 Å². The van der Waals surface area contributed by atoms with E-state index >= 15 is 0 Å². The first-order valence-electron chi connectivity index (χ1n) is 6.66. The molecule has 0 saturated heterocycles. The fourth-order valence-electron chi connectivity index (χ4n) is 1.92. The topological polar surface area (TPSA) is 72.2 Å². The number of carbonyl (C=O) groups excluding carboxylic acids is 1. The summed E-state index contributed by atoms with van der Waals surface area (Å²) < 4.78 is 0.497. The molecule has 1 amide bonds. The smallest absolute Gasteiger partial charge is 0.271 e. The highest BCUT2D eigenvalue weighted by Gasteiger charge is 2.26. The zero-order valence-electron chi connectivity index (χ0n) is 12.0. The van der Waals surface area contributed by atoms with Crippen molar-refractivity contribution in [3.05, 3.63) is 38.3 Å². The predicted molar refractivity (Wildman–Crippen MR) is 86.9 cm³/mol. The Balaban J connectivity index is 2.87. The molecular weight excluding hydrogens is 360 g/mol. The molecule has 0 fully saturated rings. The molecule has 0 aliphatic heterocycles. The molecule has 7 heteroatoms. The van der Waals surface area contributed by atoms with Crippen molar-refractivity contribution in [3.8, 4) is 0 Å². The number of amides is 1. The van der Waals surface area contributed by atoms with Gasteiger partial charge in [-0.1, -0.05) is 29.8 Å².